The van der Waals surface area contributed by atoms with Crippen LogP contribution in [0.15, 0.2) is 52.5 Å². The van der Waals surface area contributed by atoms with Crippen molar-refractivity contribution in [2.45, 2.75) is 0 Å². The van der Waals surface area contributed by atoms with E-state index in [1.165, 1.54) is 12.1 Å². The van der Waals surface area contributed by atoms with Gasteiger partial charge in [-0.15, -0.1) is 0 Å². The molecule has 1 fully saturated rings. The molecule has 1 saturated heterocycles. The van der Waals surface area contributed by atoms with Crippen LogP contribution in [0, 0.1) is 0 Å². The van der Waals surface area contributed by atoms with Gasteiger partial charge in [0.25, 0.3) is 11.8 Å². The molecule has 2 aromatic rings. The summed E-state index contributed by atoms with van der Waals surface area (Å²) < 4.78 is 0.689. The highest BCUT2D eigenvalue weighted by molar-refractivity contribution is 9.10. The number of carbonyl (C=O) groups excluding carboxylic acids is 3. The van der Waals surface area contributed by atoms with Crippen LogP contribution in [-0.2, 0) is 9.59 Å². The summed E-state index contributed by atoms with van der Waals surface area (Å²) in [6, 6.07) is 10.5. The molecule has 1 N–H and O–H groups in total. The molecule has 1 heterocycles. The molecule has 0 saturated carbocycles. The van der Waals surface area contributed by atoms with Gasteiger partial charge in [-0.1, -0.05) is 51.3 Å². The van der Waals surface area contributed by atoms with E-state index >= 15 is 0 Å². The van der Waals surface area contributed by atoms with Crippen molar-refractivity contribution in [3.05, 3.63) is 68.1 Å². The lowest BCUT2D eigenvalue weighted by Crippen LogP contribution is -2.54. The van der Waals surface area contributed by atoms with Crippen molar-refractivity contribution < 1.29 is 14.4 Å². The number of hydrogen-bond acceptors (Lipinski definition) is 3. The molecule has 0 bridgehead atoms. The Morgan fingerprint density at radius 2 is 1.80 bits per heavy atom. The number of benzene rings is 2. The van der Waals surface area contributed by atoms with Gasteiger partial charge >= 0.3 is 6.03 Å². The monoisotopic (exact) mass is 438 g/mol. The molecule has 8 heteroatoms. The standard InChI is InChI=1S/C17H9BrCl2N2O3/c18-10-2-1-3-12(7-10)22-16(24)13(15(23)21-17(22)25)6-9-4-5-11(19)8-14(9)20/h1-8H,(H,21,23,25)/b13-6+. The van der Waals surface area contributed by atoms with Crippen molar-refractivity contribution in [2.24, 2.45) is 0 Å². The molecular weight excluding hydrogens is 431 g/mol. The third-order valence-corrected chi connectivity index (χ3v) is 4.49. The molecule has 0 aromatic heterocycles. The van der Waals surface area contributed by atoms with Crippen LogP contribution in [0.5, 0.6) is 0 Å². The molecule has 0 aliphatic carbocycles. The first-order chi connectivity index (χ1) is 11.9. The summed E-state index contributed by atoms with van der Waals surface area (Å²) in [6.07, 6.45) is 1.33. The molecule has 0 spiro atoms. The van der Waals surface area contributed by atoms with E-state index in [4.69, 9.17) is 23.2 Å². The summed E-state index contributed by atoms with van der Waals surface area (Å²) >= 11 is 15.2. The number of hydrogen-bond donors (Lipinski definition) is 1. The highest BCUT2D eigenvalue weighted by atomic mass is 79.9. The molecule has 5 nitrogen and oxygen atoms in total. The zero-order chi connectivity index (χ0) is 18.1. The van der Waals surface area contributed by atoms with Crippen molar-refractivity contribution in [1.29, 1.82) is 0 Å². The number of carbonyl (C=O) groups is 3. The second-order valence-corrected chi connectivity index (χ2v) is 6.86. The summed E-state index contributed by atoms with van der Waals surface area (Å²) in [5.74, 6) is -1.52. The molecule has 126 valence electrons. The van der Waals surface area contributed by atoms with Gasteiger partial charge in [0.05, 0.1) is 5.69 Å². The largest absolute Gasteiger partial charge is 0.335 e. The quantitative estimate of drug-likeness (QED) is 0.556. The average molecular weight is 440 g/mol. The second-order valence-electron chi connectivity index (χ2n) is 5.10. The Balaban J connectivity index is 2.05. The molecule has 0 atom stereocenters. The van der Waals surface area contributed by atoms with Gasteiger partial charge in [0.2, 0.25) is 0 Å². The minimum atomic E-state index is -0.813. The zero-order valence-electron chi connectivity index (χ0n) is 12.4. The van der Waals surface area contributed by atoms with E-state index in [0.717, 1.165) is 4.90 Å². The maximum absolute atomic E-state index is 12.7. The summed E-state index contributed by atoms with van der Waals surface area (Å²) in [6.45, 7) is 0. The smallest absolute Gasteiger partial charge is 0.273 e. The van der Waals surface area contributed by atoms with Gasteiger partial charge < -0.3 is 0 Å². The maximum atomic E-state index is 12.7. The van der Waals surface area contributed by atoms with Gasteiger partial charge in [0, 0.05) is 14.5 Å². The van der Waals surface area contributed by atoms with E-state index in [-0.39, 0.29) is 10.6 Å². The van der Waals surface area contributed by atoms with Gasteiger partial charge in [0.15, 0.2) is 0 Å². The van der Waals surface area contributed by atoms with Crippen LogP contribution in [0.2, 0.25) is 10.0 Å². The molecular formula is C17H9BrCl2N2O3. The molecule has 1 aliphatic heterocycles. The fourth-order valence-corrected chi connectivity index (χ4v) is 3.13. The van der Waals surface area contributed by atoms with Gasteiger partial charge in [-0.2, -0.15) is 0 Å². The van der Waals surface area contributed by atoms with Crippen LogP contribution >= 0.6 is 39.1 Å². The van der Waals surface area contributed by atoms with E-state index in [1.54, 1.807) is 36.4 Å². The van der Waals surface area contributed by atoms with E-state index in [0.29, 0.717) is 20.7 Å². The fraction of sp³-hybridized carbons (Fsp3) is 0. The van der Waals surface area contributed by atoms with Crippen molar-refractivity contribution in [3.63, 3.8) is 0 Å². The molecule has 0 unspecified atom stereocenters. The first-order valence-electron chi connectivity index (χ1n) is 6.99. The number of anilines is 1. The Labute approximate surface area is 161 Å². The third kappa shape index (κ3) is 3.61. The predicted octanol–water partition coefficient (Wildman–Crippen LogP) is 4.42. The van der Waals surface area contributed by atoms with Crippen molar-refractivity contribution in [2.75, 3.05) is 4.90 Å². The van der Waals surface area contributed by atoms with E-state index in [1.807, 2.05) is 0 Å². The average Bonchev–Trinajstić information content (AvgIpc) is 2.53. The third-order valence-electron chi connectivity index (χ3n) is 3.43. The maximum Gasteiger partial charge on any atom is 0.335 e. The highest BCUT2D eigenvalue weighted by Crippen LogP contribution is 2.27. The first kappa shape index (κ1) is 17.7. The van der Waals surface area contributed by atoms with Crippen molar-refractivity contribution in [1.82, 2.24) is 5.32 Å². The lowest BCUT2D eigenvalue weighted by atomic mass is 10.1. The van der Waals surface area contributed by atoms with Crippen LogP contribution in [0.25, 0.3) is 6.08 Å². The number of imide groups is 2. The number of nitrogens with one attached hydrogen (secondary N) is 1. The van der Waals surface area contributed by atoms with Crippen LogP contribution in [0.1, 0.15) is 5.56 Å². The minimum Gasteiger partial charge on any atom is -0.273 e. The predicted molar refractivity (Wildman–Crippen MR) is 99.6 cm³/mol. The summed E-state index contributed by atoms with van der Waals surface area (Å²) in [7, 11) is 0. The lowest BCUT2D eigenvalue weighted by molar-refractivity contribution is -0.122. The second kappa shape index (κ2) is 7.00. The van der Waals surface area contributed by atoms with E-state index in [9.17, 15) is 14.4 Å². The van der Waals surface area contributed by atoms with Gasteiger partial charge in [-0.05, 0) is 42.0 Å². The Bertz CT molecular complexity index is 943. The molecule has 1 aliphatic rings. The number of rotatable bonds is 2. The molecule has 3 rings (SSSR count). The first-order valence-corrected chi connectivity index (χ1v) is 8.54. The SMILES string of the molecule is O=C1NC(=O)N(c2cccc(Br)c2)C(=O)/C1=C/c1ccc(Cl)cc1Cl. The van der Waals surface area contributed by atoms with Gasteiger partial charge in [0.1, 0.15) is 5.57 Å². The number of halogens is 3. The number of amides is 4. The lowest BCUT2D eigenvalue weighted by Gasteiger charge is -2.26. The molecule has 25 heavy (non-hydrogen) atoms. The minimum absolute atomic E-state index is 0.205. The highest BCUT2D eigenvalue weighted by Gasteiger charge is 2.36. The topological polar surface area (TPSA) is 66.5 Å². The number of nitrogens with zero attached hydrogens (tertiary/aromatic N) is 1. The van der Waals surface area contributed by atoms with Crippen LogP contribution in [-0.4, -0.2) is 17.8 Å². The number of barbiturate groups is 1. The Morgan fingerprint density at radius 3 is 2.48 bits per heavy atom. The van der Waals surface area contributed by atoms with Crippen LogP contribution < -0.4 is 10.2 Å². The normalized spacial score (nSPS) is 16.4. The molecule has 0 radical (unpaired) electrons. The Kier molecular flexibility index (Phi) is 4.94. The Morgan fingerprint density at radius 1 is 1.04 bits per heavy atom. The van der Waals surface area contributed by atoms with Crippen LogP contribution in [0.3, 0.4) is 0 Å². The molecule has 2 aromatic carbocycles. The van der Waals surface area contributed by atoms with Crippen LogP contribution in [0.4, 0.5) is 10.5 Å². The fourth-order valence-electron chi connectivity index (χ4n) is 2.28. The number of urea groups is 1. The Hall–Kier alpha value is -2.15. The van der Waals surface area contributed by atoms with Crippen molar-refractivity contribution >= 4 is 68.7 Å². The van der Waals surface area contributed by atoms with Gasteiger partial charge in [-0.3, -0.25) is 14.9 Å². The molecule has 4 amide bonds. The summed E-state index contributed by atoms with van der Waals surface area (Å²) in [4.78, 5) is 37.9. The van der Waals surface area contributed by atoms with E-state index < -0.39 is 17.8 Å². The van der Waals surface area contributed by atoms with E-state index in [2.05, 4.69) is 21.2 Å². The summed E-state index contributed by atoms with van der Waals surface area (Å²) in [5, 5.41) is 2.87. The zero-order valence-corrected chi connectivity index (χ0v) is 15.5. The summed E-state index contributed by atoms with van der Waals surface area (Å²) in [5.41, 5.74) is 0.564. The van der Waals surface area contributed by atoms with Gasteiger partial charge in [-0.25, -0.2) is 9.69 Å². The van der Waals surface area contributed by atoms with Crippen molar-refractivity contribution in [3.8, 4) is 0 Å².